The van der Waals surface area contributed by atoms with Gasteiger partial charge >= 0.3 is 0 Å². The van der Waals surface area contributed by atoms with E-state index in [0.717, 1.165) is 11.3 Å². The number of nitrogens with one attached hydrogen (secondary N) is 1. The van der Waals surface area contributed by atoms with Crippen molar-refractivity contribution in [2.45, 2.75) is 25.0 Å². The van der Waals surface area contributed by atoms with Crippen molar-refractivity contribution >= 4 is 45.0 Å². The third-order valence-electron chi connectivity index (χ3n) is 4.52. The van der Waals surface area contributed by atoms with Crippen LogP contribution in [0.2, 0.25) is 0 Å². The lowest BCUT2D eigenvalue weighted by Gasteiger charge is -2.10. The van der Waals surface area contributed by atoms with Crippen molar-refractivity contribution in [1.82, 2.24) is 14.5 Å². The van der Waals surface area contributed by atoms with Crippen LogP contribution in [-0.4, -0.2) is 26.2 Å². The largest absolute Gasteiger partial charge is 0.302 e. The van der Waals surface area contributed by atoms with Crippen LogP contribution in [0.4, 0.5) is 5.13 Å². The smallest absolute Gasteiger partial charge is 0.262 e. The van der Waals surface area contributed by atoms with Crippen LogP contribution >= 0.6 is 23.1 Å². The van der Waals surface area contributed by atoms with Gasteiger partial charge in [-0.25, -0.2) is 9.97 Å². The van der Waals surface area contributed by atoms with Crippen LogP contribution in [0.5, 0.6) is 0 Å². The van der Waals surface area contributed by atoms with E-state index >= 15 is 0 Å². The molecule has 0 saturated carbocycles. The van der Waals surface area contributed by atoms with Crippen LogP contribution in [0.3, 0.4) is 0 Å². The minimum absolute atomic E-state index is 0.0497. The highest BCUT2D eigenvalue weighted by molar-refractivity contribution is 7.99. The first kappa shape index (κ1) is 20.3. The molecule has 4 aromatic rings. The number of hydrogen-bond acceptors (Lipinski definition) is 6. The van der Waals surface area contributed by atoms with Gasteiger partial charge in [0.25, 0.3) is 5.56 Å². The Bertz CT molecular complexity index is 1230. The molecule has 2 heterocycles. The number of carbonyl (C=O) groups is 1. The average molecular weight is 437 g/mol. The van der Waals surface area contributed by atoms with E-state index in [1.54, 1.807) is 10.6 Å². The summed E-state index contributed by atoms with van der Waals surface area (Å²) in [6.07, 6.45) is 0.303. The molecule has 1 amide bonds. The van der Waals surface area contributed by atoms with Crippen LogP contribution in [0.15, 0.2) is 69.9 Å². The molecule has 0 bridgehead atoms. The van der Waals surface area contributed by atoms with Crippen molar-refractivity contribution in [3.63, 3.8) is 0 Å². The van der Waals surface area contributed by atoms with E-state index in [2.05, 4.69) is 15.3 Å². The van der Waals surface area contributed by atoms with Crippen LogP contribution in [0, 0.1) is 0 Å². The summed E-state index contributed by atoms with van der Waals surface area (Å²) in [7, 11) is 0. The van der Waals surface area contributed by atoms with E-state index in [4.69, 9.17) is 0 Å². The van der Waals surface area contributed by atoms with E-state index in [0.29, 0.717) is 39.9 Å². The molecular weight excluding hydrogens is 416 g/mol. The van der Waals surface area contributed by atoms with E-state index < -0.39 is 0 Å². The first-order valence-corrected chi connectivity index (χ1v) is 11.5. The Morgan fingerprint density at radius 2 is 1.87 bits per heavy atom. The summed E-state index contributed by atoms with van der Waals surface area (Å²) in [5.41, 5.74) is 2.49. The number of rotatable bonds is 7. The Morgan fingerprint density at radius 1 is 1.10 bits per heavy atom. The zero-order valence-corrected chi connectivity index (χ0v) is 18.0. The molecule has 0 spiro atoms. The molecule has 8 heteroatoms. The standard InChI is InChI=1S/C22H20N4O2S2/c1-2-26-20(28)16-10-6-7-11-17(16)24-22(26)29-13-12-19(27)25-21-23-18(14-30-21)15-8-4-3-5-9-15/h3-11,14H,2,12-13H2,1H3,(H,23,25,27). The number of aromatic nitrogens is 3. The highest BCUT2D eigenvalue weighted by Gasteiger charge is 2.12. The number of thioether (sulfide) groups is 1. The van der Waals surface area contributed by atoms with Crippen molar-refractivity contribution in [2.24, 2.45) is 0 Å². The van der Waals surface area contributed by atoms with E-state index in [-0.39, 0.29) is 11.5 Å². The lowest BCUT2D eigenvalue weighted by molar-refractivity contribution is -0.115. The first-order valence-electron chi connectivity index (χ1n) is 9.59. The maximum absolute atomic E-state index is 12.7. The number of nitrogens with zero attached hydrogens (tertiary/aromatic N) is 3. The Kier molecular flexibility index (Phi) is 6.25. The predicted molar refractivity (Wildman–Crippen MR) is 123 cm³/mol. The second-order valence-corrected chi connectivity index (χ2v) is 8.43. The molecule has 0 aliphatic heterocycles. The molecule has 4 rings (SSSR count). The fourth-order valence-corrected chi connectivity index (χ4v) is 4.76. The minimum atomic E-state index is -0.109. The van der Waals surface area contributed by atoms with Crippen molar-refractivity contribution in [1.29, 1.82) is 0 Å². The van der Waals surface area contributed by atoms with Gasteiger partial charge in [-0.2, -0.15) is 0 Å². The molecular formula is C22H20N4O2S2. The maximum Gasteiger partial charge on any atom is 0.262 e. The van der Waals surface area contributed by atoms with Crippen molar-refractivity contribution in [3.05, 3.63) is 70.3 Å². The molecule has 0 radical (unpaired) electrons. The first-order chi connectivity index (χ1) is 14.7. The molecule has 0 atom stereocenters. The molecule has 30 heavy (non-hydrogen) atoms. The second-order valence-electron chi connectivity index (χ2n) is 6.51. The number of thiazole rings is 1. The number of carbonyl (C=O) groups excluding carboxylic acids is 1. The zero-order valence-electron chi connectivity index (χ0n) is 16.4. The normalized spacial score (nSPS) is 11.0. The summed E-state index contributed by atoms with van der Waals surface area (Å²) < 4.78 is 1.65. The maximum atomic E-state index is 12.7. The van der Waals surface area contributed by atoms with Gasteiger partial charge in [-0.05, 0) is 19.1 Å². The number of para-hydroxylation sites is 1. The highest BCUT2D eigenvalue weighted by Crippen LogP contribution is 2.25. The van der Waals surface area contributed by atoms with Gasteiger partial charge in [0.15, 0.2) is 10.3 Å². The fraction of sp³-hybridized carbons (Fsp3) is 0.182. The second kappa shape index (κ2) is 9.23. The van der Waals surface area contributed by atoms with Crippen molar-refractivity contribution < 1.29 is 4.79 Å². The SMILES string of the molecule is CCn1c(SCCC(=O)Nc2nc(-c3ccccc3)cs2)nc2ccccc2c1=O. The fourth-order valence-electron chi connectivity index (χ4n) is 3.03. The molecule has 2 aromatic carbocycles. The summed E-state index contributed by atoms with van der Waals surface area (Å²) in [5.74, 6) is 0.413. The van der Waals surface area contributed by atoms with Crippen LogP contribution in [0.1, 0.15) is 13.3 Å². The van der Waals surface area contributed by atoms with E-state index in [1.807, 2.05) is 60.8 Å². The Labute approximate surface area is 182 Å². The lowest BCUT2D eigenvalue weighted by Crippen LogP contribution is -2.22. The van der Waals surface area contributed by atoms with Crippen LogP contribution in [0.25, 0.3) is 22.2 Å². The summed E-state index contributed by atoms with van der Waals surface area (Å²) in [6.45, 7) is 2.45. The minimum Gasteiger partial charge on any atom is -0.302 e. The Hall–Kier alpha value is -2.97. The van der Waals surface area contributed by atoms with Gasteiger partial charge in [0.2, 0.25) is 5.91 Å². The Morgan fingerprint density at radius 3 is 2.67 bits per heavy atom. The van der Waals surface area contributed by atoms with E-state index in [1.165, 1.54) is 23.1 Å². The molecule has 0 unspecified atom stereocenters. The van der Waals surface area contributed by atoms with Crippen molar-refractivity contribution in [2.75, 3.05) is 11.1 Å². The number of anilines is 1. The summed E-state index contributed by atoms with van der Waals surface area (Å²) >= 11 is 2.82. The van der Waals surface area contributed by atoms with Gasteiger partial charge in [-0.3, -0.25) is 14.2 Å². The van der Waals surface area contributed by atoms with Crippen molar-refractivity contribution in [3.8, 4) is 11.3 Å². The van der Waals surface area contributed by atoms with Gasteiger partial charge < -0.3 is 5.32 Å². The molecule has 0 fully saturated rings. The number of benzene rings is 2. The average Bonchev–Trinajstić information content (AvgIpc) is 3.23. The molecule has 0 aliphatic carbocycles. The highest BCUT2D eigenvalue weighted by atomic mass is 32.2. The van der Waals surface area contributed by atoms with Gasteiger partial charge in [0, 0.05) is 29.7 Å². The molecule has 0 saturated heterocycles. The molecule has 0 aliphatic rings. The summed E-state index contributed by atoms with van der Waals surface area (Å²) in [6, 6.07) is 17.2. The van der Waals surface area contributed by atoms with Crippen LogP contribution < -0.4 is 10.9 Å². The van der Waals surface area contributed by atoms with E-state index in [9.17, 15) is 9.59 Å². The predicted octanol–water partition coefficient (Wildman–Crippen LogP) is 4.66. The summed E-state index contributed by atoms with van der Waals surface area (Å²) in [5, 5.41) is 6.61. The lowest BCUT2D eigenvalue weighted by atomic mass is 10.2. The third kappa shape index (κ3) is 4.44. The van der Waals surface area contributed by atoms with Gasteiger partial charge in [0.05, 0.1) is 16.6 Å². The van der Waals surface area contributed by atoms with Gasteiger partial charge in [-0.1, -0.05) is 54.2 Å². The third-order valence-corrected chi connectivity index (χ3v) is 6.26. The Balaban J connectivity index is 1.38. The van der Waals surface area contributed by atoms with Gasteiger partial charge in [-0.15, -0.1) is 11.3 Å². The quantitative estimate of drug-likeness (QED) is 0.337. The molecule has 6 nitrogen and oxygen atoms in total. The molecule has 152 valence electrons. The van der Waals surface area contributed by atoms with Gasteiger partial charge in [0.1, 0.15) is 0 Å². The number of fused-ring (bicyclic) bond motifs is 1. The molecule has 1 N–H and O–H groups in total. The monoisotopic (exact) mass is 436 g/mol. The summed E-state index contributed by atoms with van der Waals surface area (Å²) in [4.78, 5) is 34.1. The number of amides is 1. The topological polar surface area (TPSA) is 76.9 Å². The zero-order chi connectivity index (χ0) is 20.9. The molecule has 2 aromatic heterocycles. The number of hydrogen-bond donors (Lipinski definition) is 1. The van der Waals surface area contributed by atoms with Crippen LogP contribution in [-0.2, 0) is 11.3 Å².